The van der Waals surface area contributed by atoms with E-state index in [1.807, 2.05) is 0 Å². The predicted octanol–water partition coefficient (Wildman–Crippen LogP) is 3.01. The molecule has 5 nitrogen and oxygen atoms in total. The molecule has 2 aromatic rings. The molecule has 0 spiro atoms. The predicted molar refractivity (Wildman–Crippen MR) is 80.2 cm³/mol. The fourth-order valence-electron chi connectivity index (χ4n) is 1.68. The summed E-state index contributed by atoms with van der Waals surface area (Å²) in [6.07, 6.45) is 1.06. The van der Waals surface area contributed by atoms with Gasteiger partial charge in [0.2, 0.25) is 0 Å². The van der Waals surface area contributed by atoms with Crippen LogP contribution in [0.5, 0.6) is 17.2 Å². The zero-order valence-electron chi connectivity index (χ0n) is 11.9. The van der Waals surface area contributed by atoms with Gasteiger partial charge in [-0.15, -0.1) is 0 Å². The highest BCUT2D eigenvalue weighted by molar-refractivity contribution is 5.91. The van der Waals surface area contributed by atoms with Gasteiger partial charge in [0, 0.05) is 6.08 Å². The number of carbonyl (C=O) groups is 2. The highest BCUT2D eigenvalue weighted by Crippen LogP contribution is 2.26. The minimum absolute atomic E-state index is 0.318. The van der Waals surface area contributed by atoms with E-state index in [0.717, 1.165) is 6.08 Å². The Morgan fingerprint density at radius 3 is 2.18 bits per heavy atom. The maximum absolute atomic E-state index is 12.1. The first-order valence-corrected chi connectivity index (χ1v) is 6.43. The van der Waals surface area contributed by atoms with Crippen molar-refractivity contribution in [3.8, 4) is 17.2 Å². The SMILES string of the molecule is C=CC(=O)Oc1ccc(C(=O)Oc2ccccc2OC)cc1. The maximum atomic E-state index is 12.1. The van der Waals surface area contributed by atoms with Gasteiger partial charge in [0.15, 0.2) is 11.5 Å². The molecule has 0 saturated heterocycles. The van der Waals surface area contributed by atoms with Gasteiger partial charge in [-0.1, -0.05) is 18.7 Å². The molecule has 22 heavy (non-hydrogen) atoms. The van der Waals surface area contributed by atoms with Crippen molar-refractivity contribution in [3.05, 3.63) is 66.7 Å². The lowest BCUT2D eigenvalue weighted by Gasteiger charge is -2.09. The van der Waals surface area contributed by atoms with Gasteiger partial charge >= 0.3 is 11.9 Å². The van der Waals surface area contributed by atoms with Gasteiger partial charge in [-0.25, -0.2) is 9.59 Å². The van der Waals surface area contributed by atoms with Gasteiger partial charge in [0.25, 0.3) is 0 Å². The quantitative estimate of drug-likeness (QED) is 0.482. The van der Waals surface area contributed by atoms with E-state index >= 15 is 0 Å². The first-order valence-electron chi connectivity index (χ1n) is 6.43. The van der Waals surface area contributed by atoms with Crippen molar-refractivity contribution in [1.29, 1.82) is 0 Å². The van der Waals surface area contributed by atoms with Gasteiger partial charge in [-0.3, -0.25) is 0 Å². The number of hydrogen-bond donors (Lipinski definition) is 0. The van der Waals surface area contributed by atoms with Gasteiger partial charge < -0.3 is 14.2 Å². The van der Waals surface area contributed by atoms with Crippen LogP contribution in [-0.2, 0) is 4.79 Å². The molecule has 0 fully saturated rings. The van der Waals surface area contributed by atoms with Crippen molar-refractivity contribution < 1.29 is 23.8 Å². The van der Waals surface area contributed by atoms with Crippen molar-refractivity contribution in [3.63, 3.8) is 0 Å². The number of esters is 2. The summed E-state index contributed by atoms with van der Waals surface area (Å²) in [5.74, 6) is 0.0127. The summed E-state index contributed by atoms with van der Waals surface area (Å²) in [5.41, 5.74) is 0.323. The Bertz CT molecular complexity index is 688. The number of rotatable bonds is 5. The second-order valence-electron chi connectivity index (χ2n) is 4.19. The number of ether oxygens (including phenoxy) is 3. The van der Waals surface area contributed by atoms with Crippen LogP contribution in [0, 0.1) is 0 Å². The monoisotopic (exact) mass is 298 g/mol. The fourth-order valence-corrected chi connectivity index (χ4v) is 1.68. The molecule has 0 bridgehead atoms. The normalized spacial score (nSPS) is 9.68. The molecule has 112 valence electrons. The van der Waals surface area contributed by atoms with Gasteiger partial charge in [0.05, 0.1) is 12.7 Å². The van der Waals surface area contributed by atoms with Crippen molar-refractivity contribution in [2.24, 2.45) is 0 Å². The van der Waals surface area contributed by atoms with Gasteiger partial charge in [-0.05, 0) is 36.4 Å². The topological polar surface area (TPSA) is 61.8 Å². The van der Waals surface area contributed by atoms with Crippen LogP contribution in [0.25, 0.3) is 0 Å². The summed E-state index contributed by atoms with van der Waals surface area (Å²) in [4.78, 5) is 23.1. The highest BCUT2D eigenvalue weighted by atomic mass is 16.6. The average Bonchev–Trinajstić information content (AvgIpc) is 2.55. The van der Waals surface area contributed by atoms with E-state index in [-0.39, 0.29) is 0 Å². The third kappa shape index (κ3) is 3.73. The summed E-state index contributed by atoms with van der Waals surface area (Å²) < 4.78 is 15.3. The number of carbonyl (C=O) groups excluding carboxylic acids is 2. The van der Waals surface area contributed by atoms with Crippen LogP contribution < -0.4 is 14.2 Å². The minimum Gasteiger partial charge on any atom is -0.493 e. The second kappa shape index (κ2) is 7.08. The van der Waals surface area contributed by atoms with E-state index in [4.69, 9.17) is 14.2 Å². The van der Waals surface area contributed by atoms with Crippen molar-refractivity contribution in [2.45, 2.75) is 0 Å². The lowest BCUT2D eigenvalue weighted by Crippen LogP contribution is -2.09. The summed E-state index contributed by atoms with van der Waals surface area (Å²) in [5, 5.41) is 0. The van der Waals surface area contributed by atoms with Crippen molar-refractivity contribution in [2.75, 3.05) is 7.11 Å². The van der Waals surface area contributed by atoms with Crippen LogP contribution in [-0.4, -0.2) is 19.0 Å². The lowest BCUT2D eigenvalue weighted by molar-refractivity contribution is -0.128. The van der Waals surface area contributed by atoms with E-state index in [1.165, 1.54) is 31.4 Å². The number of benzene rings is 2. The van der Waals surface area contributed by atoms with Crippen molar-refractivity contribution >= 4 is 11.9 Å². The Balaban J connectivity index is 2.09. The maximum Gasteiger partial charge on any atom is 0.343 e. The van der Waals surface area contributed by atoms with Crippen LogP contribution in [0.1, 0.15) is 10.4 Å². The summed E-state index contributed by atoms with van der Waals surface area (Å²) in [7, 11) is 1.50. The fraction of sp³-hybridized carbons (Fsp3) is 0.0588. The van der Waals surface area contributed by atoms with Crippen molar-refractivity contribution in [1.82, 2.24) is 0 Å². The van der Waals surface area contributed by atoms with Crippen LogP contribution in [0.2, 0.25) is 0 Å². The molecule has 0 N–H and O–H groups in total. The molecule has 0 atom stereocenters. The summed E-state index contributed by atoms with van der Waals surface area (Å²) in [6.45, 7) is 3.31. The molecular formula is C17H14O5. The molecule has 0 saturated carbocycles. The van der Waals surface area contributed by atoms with Crippen LogP contribution in [0.15, 0.2) is 61.2 Å². The number of para-hydroxylation sites is 2. The Labute approximate surface area is 127 Å². The van der Waals surface area contributed by atoms with E-state index in [9.17, 15) is 9.59 Å². The van der Waals surface area contributed by atoms with Crippen LogP contribution >= 0.6 is 0 Å². The Morgan fingerprint density at radius 2 is 1.59 bits per heavy atom. The molecular weight excluding hydrogens is 284 g/mol. The zero-order chi connectivity index (χ0) is 15.9. The van der Waals surface area contributed by atoms with Gasteiger partial charge in [-0.2, -0.15) is 0 Å². The molecule has 0 aliphatic heterocycles. The Kier molecular flexibility index (Phi) is 4.93. The largest absolute Gasteiger partial charge is 0.493 e. The molecule has 2 aromatic carbocycles. The second-order valence-corrected chi connectivity index (χ2v) is 4.19. The number of methoxy groups -OCH3 is 1. The molecule has 0 aliphatic carbocycles. The molecule has 0 aliphatic rings. The third-order valence-corrected chi connectivity index (χ3v) is 2.75. The molecule has 0 unspecified atom stereocenters. The first-order chi connectivity index (χ1) is 10.6. The van der Waals surface area contributed by atoms with E-state index in [1.54, 1.807) is 24.3 Å². The average molecular weight is 298 g/mol. The molecule has 0 aromatic heterocycles. The Morgan fingerprint density at radius 1 is 0.955 bits per heavy atom. The van der Waals surface area contributed by atoms with E-state index < -0.39 is 11.9 Å². The molecule has 2 rings (SSSR count). The lowest BCUT2D eigenvalue weighted by atomic mass is 10.2. The first kappa shape index (κ1) is 15.3. The zero-order valence-corrected chi connectivity index (χ0v) is 11.9. The smallest absolute Gasteiger partial charge is 0.343 e. The molecule has 5 heteroatoms. The van der Waals surface area contributed by atoms with E-state index in [2.05, 4.69) is 6.58 Å². The minimum atomic E-state index is -0.565. The summed E-state index contributed by atoms with van der Waals surface area (Å²) in [6, 6.07) is 12.9. The third-order valence-electron chi connectivity index (χ3n) is 2.75. The molecule has 0 heterocycles. The standard InChI is InChI=1S/C17H14O5/c1-3-16(18)21-13-10-8-12(9-11-13)17(19)22-15-7-5-4-6-14(15)20-2/h3-11H,1H2,2H3. The van der Waals surface area contributed by atoms with Crippen LogP contribution in [0.4, 0.5) is 0 Å². The molecule has 0 radical (unpaired) electrons. The molecule has 0 amide bonds. The highest BCUT2D eigenvalue weighted by Gasteiger charge is 2.12. The van der Waals surface area contributed by atoms with Gasteiger partial charge in [0.1, 0.15) is 5.75 Å². The number of hydrogen-bond acceptors (Lipinski definition) is 5. The van der Waals surface area contributed by atoms with Crippen LogP contribution in [0.3, 0.4) is 0 Å². The Hall–Kier alpha value is -3.08. The van der Waals surface area contributed by atoms with E-state index in [0.29, 0.717) is 22.8 Å². The summed E-state index contributed by atoms with van der Waals surface area (Å²) >= 11 is 0.